The predicted octanol–water partition coefficient (Wildman–Crippen LogP) is 12.3. The highest BCUT2D eigenvalue weighted by molar-refractivity contribution is 5.48. The third-order valence-corrected chi connectivity index (χ3v) is 7.14. The fourth-order valence-electron chi connectivity index (χ4n) is 4.85. The Bertz CT molecular complexity index is 877. The number of halogens is 2. The first-order chi connectivity index (χ1) is 19.1. The minimum Gasteiger partial charge on any atom is -0.312 e. The average Bonchev–Trinajstić information content (AvgIpc) is 3.42. The predicted molar refractivity (Wildman–Crippen MR) is 180 cm³/mol. The molecule has 1 aromatic carbocycles. The van der Waals surface area contributed by atoms with Gasteiger partial charge in [-0.3, -0.25) is 0 Å². The van der Waals surface area contributed by atoms with Crippen LogP contribution in [-0.4, -0.2) is 6.54 Å². The lowest BCUT2D eigenvalue weighted by Gasteiger charge is -2.28. The van der Waals surface area contributed by atoms with Crippen LogP contribution in [-0.2, 0) is 19.4 Å². The van der Waals surface area contributed by atoms with Gasteiger partial charge in [-0.2, -0.15) is 0 Å². The molecule has 1 aromatic rings. The van der Waals surface area contributed by atoms with Crippen molar-refractivity contribution in [3.05, 3.63) is 82.0 Å². The van der Waals surface area contributed by atoms with Crippen LogP contribution in [0.2, 0.25) is 0 Å². The Balaban J connectivity index is -0.000000629. The molecular formula is C37H65F2N. The summed E-state index contributed by atoms with van der Waals surface area (Å²) in [5, 5.41) is 3.40. The van der Waals surface area contributed by atoms with E-state index in [4.69, 9.17) is 0 Å². The Labute approximate surface area is 249 Å². The van der Waals surface area contributed by atoms with Gasteiger partial charge in [-0.15, -0.1) is 6.58 Å². The Morgan fingerprint density at radius 1 is 1.02 bits per heavy atom. The molecule has 1 aliphatic carbocycles. The second-order valence-electron chi connectivity index (χ2n) is 9.68. The van der Waals surface area contributed by atoms with Crippen molar-refractivity contribution in [2.24, 2.45) is 11.8 Å². The minimum absolute atomic E-state index is 0.245. The van der Waals surface area contributed by atoms with Crippen LogP contribution in [0.3, 0.4) is 0 Å². The summed E-state index contributed by atoms with van der Waals surface area (Å²) in [6, 6.07) is 1.79. The highest BCUT2D eigenvalue weighted by Crippen LogP contribution is 2.34. The highest BCUT2D eigenvalue weighted by Gasteiger charge is 2.24. The van der Waals surface area contributed by atoms with Crippen molar-refractivity contribution in [1.82, 2.24) is 5.32 Å². The maximum absolute atomic E-state index is 13.4. The monoisotopic (exact) mass is 562 g/mol. The Hall–Kier alpha value is -2.00. The summed E-state index contributed by atoms with van der Waals surface area (Å²) in [6.07, 6.45) is 8.87. The molecule has 1 N–H and O–H groups in total. The summed E-state index contributed by atoms with van der Waals surface area (Å²) in [6.45, 7) is 35.6. The number of allylic oxidation sites excluding steroid dienone is 6. The number of nitrogens with one attached hydrogen (secondary N) is 1. The van der Waals surface area contributed by atoms with Gasteiger partial charge >= 0.3 is 0 Å². The van der Waals surface area contributed by atoms with Crippen molar-refractivity contribution in [2.45, 2.75) is 135 Å². The largest absolute Gasteiger partial charge is 0.312 e. The van der Waals surface area contributed by atoms with E-state index in [-0.39, 0.29) is 5.56 Å². The van der Waals surface area contributed by atoms with E-state index in [1.54, 1.807) is 12.1 Å². The fraction of sp³-hybridized carbons (Fsp3) is 0.622. The number of hydrogen-bond donors (Lipinski definition) is 1. The van der Waals surface area contributed by atoms with Crippen LogP contribution in [0.25, 0.3) is 0 Å². The molecule has 2 atom stereocenters. The van der Waals surface area contributed by atoms with E-state index in [9.17, 15) is 8.78 Å². The topological polar surface area (TPSA) is 12.0 Å². The number of hydrogen-bond acceptors (Lipinski definition) is 1. The molecule has 40 heavy (non-hydrogen) atoms. The summed E-state index contributed by atoms with van der Waals surface area (Å²) >= 11 is 0. The van der Waals surface area contributed by atoms with Crippen molar-refractivity contribution in [3.63, 3.8) is 0 Å². The van der Waals surface area contributed by atoms with Crippen LogP contribution in [0.4, 0.5) is 8.78 Å². The van der Waals surface area contributed by atoms with Gasteiger partial charge < -0.3 is 5.32 Å². The molecule has 232 valence electrons. The highest BCUT2D eigenvalue weighted by atomic mass is 19.3. The molecule has 0 aromatic heterocycles. The second kappa shape index (κ2) is 25.9. The first-order valence-corrected chi connectivity index (χ1v) is 15.8. The maximum Gasteiger partial charge on any atom is 0.264 e. The zero-order chi connectivity index (χ0) is 31.8. The maximum atomic E-state index is 13.4. The third kappa shape index (κ3) is 14.6. The first kappa shape index (κ1) is 42.5. The summed E-state index contributed by atoms with van der Waals surface area (Å²) < 4.78 is 26.8. The molecule has 2 aliphatic rings. The number of benzene rings is 1. The molecule has 1 aliphatic heterocycles. The molecule has 0 radical (unpaired) electrons. The molecule has 1 nitrogen and oxygen atoms in total. The van der Waals surface area contributed by atoms with Crippen LogP contribution in [0, 0.1) is 18.8 Å². The van der Waals surface area contributed by atoms with E-state index >= 15 is 0 Å². The van der Waals surface area contributed by atoms with Crippen molar-refractivity contribution in [2.75, 3.05) is 6.54 Å². The summed E-state index contributed by atoms with van der Waals surface area (Å²) in [4.78, 5) is 0. The van der Waals surface area contributed by atoms with Gasteiger partial charge in [0, 0.05) is 12.1 Å². The first-order valence-electron chi connectivity index (χ1n) is 15.8. The van der Waals surface area contributed by atoms with Crippen molar-refractivity contribution < 1.29 is 8.78 Å². The molecule has 0 saturated heterocycles. The lowest BCUT2D eigenvalue weighted by atomic mass is 9.80. The second-order valence-corrected chi connectivity index (χ2v) is 9.68. The summed E-state index contributed by atoms with van der Waals surface area (Å²) in [5.74, 6) is 1.21. The Morgan fingerprint density at radius 3 is 1.95 bits per heavy atom. The van der Waals surface area contributed by atoms with Gasteiger partial charge in [0.05, 0.1) is 0 Å². The number of fused-ring (bicyclic) bond motifs is 1. The van der Waals surface area contributed by atoms with Gasteiger partial charge in [0.1, 0.15) is 0 Å². The van der Waals surface area contributed by atoms with Gasteiger partial charge in [0.25, 0.3) is 6.43 Å². The standard InChI is InChI=1S/C19H29F2N.C9H12.C3H6.3C2H6/c1-5-12(3)14(6-2)9-15-10-17(19(20)21)13(4)16-7-8-22-11-18(15)16;1-7(2)9-6-4-5-8(9)3;1-3-2;3*1-2/h10,12,14,19,22H,5-9,11H2,1-4H3;4,6H,1,5H2,2-3H3;3H,1H2,2H3;3*1-2H3. The molecule has 0 spiro atoms. The van der Waals surface area contributed by atoms with Gasteiger partial charge in [-0.25, -0.2) is 8.78 Å². The van der Waals surface area contributed by atoms with Gasteiger partial charge in [0.15, 0.2) is 0 Å². The third-order valence-electron chi connectivity index (χ3n) is 7.14. The molecule has 0 amide bonds. The van der Waals surface area contributed by atoms with Crippen molar-refractivity contribution in [3.8, 4) is 0 Å². The van der Waals surface area contributed by atoms with Crippen LogP contribution < -0.4 is 5.32 Å². The molecule has 0 bridgehead atoms. The average molecular weight is 562 g/mol. The summed E-state index contributed by atoms with van der Waals surface area (Å²) in [5.41, 5.74) is 8.64. The van der Waals surface area contributed by atoms with E-state index in [0.717, 1.165) is 56.3 Å². The van der Waals surface area contributed by atoms with Crippen LogP contribution >= 0.6 is 0 Å². The van der Waals surface area contributed by atoms with Crippen LogP contribution in [0.1, 0.15) is 137 Å². The number of rotatable bonds is 7. The number of alkyl halides is 2. The van der Waals surface area contributed by atoms with Gasteiger partial charge in [0.2, 0.25) is 0 Å². The fourth-order valence-corrected chi connectivity index (χ4v) is 4.85. The molecule has 2 unspecified atom stereocenters. The zero-order valence-corrected chi connectivity index (χ0v) is 28.7. The SMILES string of the molecule is C=C(C)C1=C(C)CC=C1.C=CC.CC.CC.CC.CCC(C)C(CC)Cc1cc(C(F)F)c(C)c2c1CNCC2. The molecule has 0 saturated carbocycles. The van der Waals surface area contributed by atoms with Gasteiger partial charge in [-0.1, -0.05) is 111 Å². The molecule has 3 rings (SSSR count). The molecule has 3 heteroatoms. The van der Waals surface area contributed by atoms with Crippen LogP contribution in [0.15, 0.2) is 54.2 Å². The zero-order valence-electron chi connectivity index (χ0n) is 28.7. The van der Waals surface area contributed by atoms with E-state index < -0.39 is 6.43 Å². The minimum atomic E-state index is -2.37. The van der Waals surface area contributed by atoms with E-state index in [1.165, 1.54) is 27.8 Å². The quantitative estimate of drug-likeness (QED) is 0.326. The lowest BCUT2D eigenvalue weighted by molar-refractivity contribution is 0.150. The molecule has 0 fully saturated rings. The van der Waals surface area contributed by atoms with E-state index in [1.807, 2.05) is 55.4 Å². The molecular weight excluding hydrogens is 496 g/mol. The Kier molecular flexibility index (Phi) is 27.5. The summed E-state index contributed by atoms with van der Waals surface area (Å²) in [7, 11) is 0. The van der Waals surface area contributed by atoms with Gasteiger partial charge in [-0.05, 0) is 99.2 Å². The normalized spacial score (nSPS) is 14.2. The van der Waals surface area contributed by atoms with Crippen LogP contribution in [0.5, 0.6) is 0 Å². The van der Waals surface area contributed by atoms with Crippen molar-refractivity contribution >= 4 is 0 Å². The Morgan fingerprint density at radius 2 is 1.57 bits per heavy atom. The lowest BCUT2D eigenvalue weighted by Crippen LogP contribution is -2.27. The van der Waals surface area contributed by atoms with E-state index in [0.29, 0.717) is 11.8 Å². The van der Waals surface area contributed by atoms with E-state index in [2.05, 4.69) is 65.2 Å². The van der Waals surface area contributed by atoms with Crippen molar-refractivity contribution in [1.29, 1.82) is 0 Å². The molecule has 1 heterocycles. The smallest absolute Gasteiger partial charge is 0.264 e.